The van der Waals surface area contributed by atoms with E-state index in [0.29, 0.717) is 0 Å². The van der Waals surface area contributed by atoms with Crippen LogP contribution in [0.1, 0.15) is 20.8 Å². The quantitative estimate of drug-likeness (QED) is 0.372. The molecular weight excluding hydrogens is 116 g/mol. The van der Waals surface area contributed by atoms with Gasteiger partial charge in [-0.3, -0.25) is 5.41 Å². The fourth-order valence-electron chi connectivity index (χ4n) is 0.311. The van der Waals surface area contributed by atoms with Gasteiger partial charge < -0.3 is 10.8 Å². The number of nitrogens with one attached hydrogen (secondary N) is 1. The lowest BCUT2D eigenvalue weighted by Gasteiger charge is -2.25. The van der Waals surface area contributed by atoms with Crippen molar-refractivity contribution in [2.75, 3.05) is 0 Å². The summed E-state index contributed by atoms with van der Waals surface area (Å²) in [6, 6.07) is 0. The molecule has 0 aromatic rings. The van der Waals surface area contributed by atoms with Crippen LogP contribution in [0.25, 0.3) is 0 Å². The Bertz CT molecular complexity index is 118. The molecule has 0 aromatic carbocycles. The van der Waals surface area contributed by atoms with E-state index in [4.69, 9.17) is 11.1 Å². The molecule has 4 N–H and O–H groups in total. The molecule has 0 fully saturated rings. The molecule has 1 atom stereocenters. The van der Waals surface area contributed by atoms with Crippen LogP contribution in [-0.4, -0.2) is 16.5 Å². The van der Waals surface area contributed by atoms with E-state index in [9.17, 15) is 5.11 Å². The molecule has 0 rings (SSSR count). The summed E-state index contributed by atoms with van der Waals surface area (Å²) in [5, 5.41) is 16.3. The summed E-state index contributed by atoms with van der Waals surface area (Å²) in [6.45, 7) is 5.18. The van der Waals surface area contributed by atoms with Gasteiger partial charge in [-0.15, -0.1) is 0 Å². The van der Waals surface area contributed by atoms with Crippen LogP contribution in [0.3, 0.4) is 0 Å². The van der Waals surface area contributed by atoms with Crippen molar-refractivity contribution in [3.63, 3.8) is 0 Å². The summed E-state index contributed by atoms with van der Waals surface area (Å²) in [5.74, 6) is -0.174. The average molecular weight is 130 g/mol. The molecule has 0 saturated heterocycles. The van der Waals surface area contributed by atoms with Gasteiger partial charge in [-0.2, -0.15) is 0 Å². The minimum absolute atomic E-state index is 0.00463. The van der Waals surface area contributed by atoms with Crippen molar-refractivity contribution in [3.05, 3.63) is 0 Å². The fraction of sp³-hybridized carbons (Fsp3) is 0.833. The molecular formula is C6H14N2O. The second kappa shape index (κ2) is 2.35. The van der Waals surface area contributed by atoms with E-state index in [-0.39, 0.29) is 11.8 Å². The maximum absolute atomic E-state index is 9.32. The Morgan fingerprint density at radius 2 is 2.00 bits per heavy atom. The first-order valence-corrected chi connectivity index (χ1v) is 2.96. The maximum atomic E-state index is 9.32. The van der Waals surface area contributed by atoms with Gasteiger partial charge >= 0.3 is 0 Å². The van der Waals surface area contributed by atoms with Crippen LogP contribution < -0.4 is 5.73 Å². The lowest BCUT2D eigenvalue weighted by Crippen LogP contribution is -2.44. The third-order valence-corrected chi connectivity index (χ3v) is 1.67. The Labute approximate surface area is 55.4 Å². The van der Waals surface area contributed by atoms with Gasteiger partial charge in [0.25, 0.3) is 0 Å². The Morgan fingerprint density at radius 3 is 2.00 bits per heavy atom. The average Bonchev–Trinajstić information content (AvgIpc) is 1.65. The van der Waals surface area contributed by atoms with Gasteiger partial charge in [0.05, 0.1) is 0 Å². The van der Waals surface area contributed by atoms with Gasteiger partial charge in [-0.05, 0) is 12.8 Å². The second-order valence-corrected chi connectivity index (χ2v) is 2.72. The minimum atomic E-state index is -1.14. The van der Waals surface area contributed by atoms with Crippen LogP contribution >= 0.6 is 0 Å². The molecule has 0 amide bonds. The predicted octanol–water partition coefficient (Wildman–Crippen LogP) is 0.329. The third kappa shape index (κ3) is 1.68. The van der Waals surface area contributed by atoms with Gasteiger partial charge in [-0.1, -0.05) is 13.8 Å². The summed E-state index contributed by atoms with van der Waals surface area (Å²) in [4.78, 5) is 0. The summed E-state index contributed by atoms with van der Waals surface area (Å²) >= 11 is 0. The highest BCUT2D eigenvalue weighted by molar-refractivity contribution is 5.85. The number of hydrogen-bond acceptors (Lipinski definition) is 2. The van der Waals surface area contributed by atoms with E-state index in [2.05, 4.69) is 0 Å². The largest absolute Gasteiger partial charge is 0.385 e. The van der Waals surface area contributed by atoms with Gasteiger partial charge in [0.1, 0.15) is 11.4 Å². The molecule has 0 saturated carbocycles. The van der Waals surface area contributed by atoms with Crippen molar-refractivity contribution in [1.82, 2.24) is 0 Å². The molecule has 3 nitrogen and oxygen atoms in total. The Morgan fingerprint density at radius 1 is 1.67 bits per heavy atom. The van der Waals surface area contributed by atoms with E-state index < -0.39 is 5.60 Å². The molecule has 1 unspecified atom stereocenters. The SMILES string of the molecule is CC(C)C(C)(O)C(=N)N. The molecule has 0 aliphatic carbocycles. The van der Waals surface area contributed by atoms with E-state index in [1.807, 2.05) is 13.8 Å². The highest BCUT2D eigenvalue weighted by Gasteiger charge is 2.27. The highest BCUT2D eigenvalue weighted by atomic mass is 16.3. The molecule has 0 heterocycles. The Hall–Kier alpha value is -0.570. The standard InChI is InChI=1S/C6H14N2O/c1-4(2)6(3,9)5(7)8/h4,9H,1-3H3,(H3,7,8). The third-order valence-electron chi connectivity index (χ3n) is 1.67. The van der Waals surface area contributed by atoms with E-state index >= 15 is 0 Å². The summed E-state index contributed by atoms with van der Waals surface area (Å²) < 4.78 is 0. The van der Waals surface area contributed by atoms with Gasteiger partial charge in [0.15, 0.2) is 0 Å². The zero-order valence-electron chi connectivity index (χ0n) is 6.10. The molecule has 9 heavy (non-hydrogen) atoms. The topological polar surface area (TPSA) is 70.1 Å². The number of amidine groups is 1. The number of nitrogens with two attached hydrogens (primary N) is 1. The van der Waals surface area contributed by atoms with E-state index in [0.717, 1.165) is 0 Å². The van der Waals surface area contributed by atoms with Crippen LogP contribution in [0.5, 0.6) is 0 Å². The molecule has 0 aromatic heterocycles. The maximum Gasteiger partial charge on any atom is 0.123 e. The van der Waals surface area contributed by atoms with Crippen molar-refractivity contribution in [1.29, 1.82) is 5.41 Å². The monoisotopic (exact) mass is 130 g/mol. The number of hydrogen-bond donors (Lipinski definition) is 3. The van der Waals surface area contributed by atoms with Gasteiger partial charge in [0, 0.05) is 0 Å². The summed E-state index contributed by atoms with van der Waals surface area (Å²) in [5.41, 5.74) is 3.97. The first kappa shape index (κ1) is 8.43. The first-order chi connectivity index (χ1) is 3.89. The molecule has 0 aliphatic rings. The van der Waals surface area contributed by atoms with Gasteiger partial charge in [-0.25, -0.2) is 0 Å². The molecule has 3 heteroatoms. The minimum Gasteiger partial charge on any atom is -0.385 e. The number of rotatable bonds is 2. The van der Waals surface area contributed by atoms with Crippen LogP contribution in [0.4, 0.5) is 0 Å². The van der Waals surface area contributed by atoms with E-state index in [1.54, 1.807) is 6.92 Å². The van der Waals surface area contributed by atoms with Crippen LogP contribution in [0, 0.1) is 11.3 Å². The van der Waals surface area contributed by atoms with Crippen molar-refractivity contribution in [2.24, 2.45) is 11.7 Å². The lowest BCUT2D eigenvalue weighted by molar-refractivity contribution is 0.0807. The van der Waals surface area contributed by atoms with Crippen molar-refractivity contribution in [2.45, 2.75) is 26.4 Å². The number of aliphatic hydroxyl groups is 1. The van der Waals surface area contributed by atoms with Crippen LogP contribution in [0.2, 0.25) is 0 Å². The second-order valence-electron chi connectivity index (χ2n) is 2.72. The molecule has 0 bridgehead atoms. The first-order valence-electron chi connectivity index (χ1n) is 2.96. The van der Waals surface area contributed by atoms with Crippen LogP contribution in [0.15, 0.2) is 0 Å². The Balaban J connectivity index is 4.19. The fourth-order valence-corrected chi connectivity index (χ4v) is 0.311. The molecule has 0 radical (unpaired) electrons. The molecule has 0 spiro atoms. The highest BCUT2D eigenvalue weighted by Crippen LogP contribution is 2.14. The molecule has 0 aliphatic heterocycles. The van der Waals surface area contributed by atoms with Crippen LogP contribution in [-0.2, 0) is 0 Å². The zero-order chi connectivity index (χ0) is 7.65. The smallest absolute Gasteiger partial charge is 0.123 e. The van der Waals surface area contributed by atoms with Crippen molar-refractivity contribution >= 4 is 5.84 Å². The predicted molar refractivity (Wildman–Crippen MR) is 37.4 cm³/mol. The summed E-state index contributed by atoms with van der Waals surface area (Å²) in [7, 11) is 0. The molecule has 54 valence electrons. The normalized spacial score (nSPS) is 17.4. The zero-order valence-corrected chi connectivity index (χ0v) is 6.10. The van der Waals surface area contributed by atoms with Crippen molar-refractivity contribution < 1.29 is 5.11 Å². The van der Waals surface area contributed by atoms with E-state index in [1.165, 1.54) is 0 Å². The summed E-state index contributed by atoms with van der Waals surface area (Å²) in [6.07, 6.45) is 0. The lowest BCUT2D eigenvalue weighted by atomic mass is 9.92. The van der Waals surface area contributed by atoms with Gasteiger partial charge in [0.2, 0.25) is 0 Å². The van der Waals surface area contributed by atoms with Crippen molar-refractivity contribution in [3.8, 4) is 0 Å². The Kier molecular flexibility index (Phi) is 2.20.